The van der Waals surface area contributed by atoms with Gasteiger partial charge >= 0.3 is 0 Å². The maximum absolute atomic E-state index is 12.5. The van der Waals surface area contributed by atoms with Gasteiger partial charge in [-0.25, -0.2) is 4.98 Å². The zero-order valence-electron chi connectivity index (χ0n) is 15.6. The molecule has 0 spiro atoms. The lowest BCUT2D eigenvalue weighted by molar-refractivity contribution is 0.0946. The number of rotatable bonds is 6. The van der Waals surface area contributed by atoms with Gasteiger partial charge in [0.2, 0.25) is 6.79 Å². The summed E-state index contributed by atoms with van der Waals surface area (Å²) in [4.78, 5) is 16.6. The van der Waals surface area contributed by atoms with Crippen molar-refractivity contribution >= 4 is 17.2 Å². The van der Waals surface area contributed by atoms with Crippen LogP contribution in [0, 0.1) is 0 Å². The number of carbonyl (C=O) groups excluding carboxylic acids is 1. The summed E-state index contributed by atoms with van der Waals surface area (Å²) in [6.07, 6.45) is 1.69. The zero-order chi connectivity index (χ0) is 20.3. The van der Waals surface area contributed by atoms with Gasteiger partial charge < -0.3 is 19.5 Å². The van der Waals surface area contributed by atoms with Crippen molar-refractivity contribution in [2.24, 2.45) is 0 Å². The minimum atomic E-state index is -0.238. The summed E-state index contributed by atoms with van der Waals surface area (Å²) in [5.74, 6) is 1.83. The fourth-order valence-corrected chi connectivity index (χ4v) is 3.46. The van der Waals surface area contributed by atoms with Crippen LogP contribution in [0.25, 0.3) is 11.3 Å². The maximum atomic E-state index is 12.5. The van der Waals surface area contributed by atoms with Crippen LogP contribution in [-0.2, 0) is 6.54 Å². The van der Waals surface area contributed by atoms with Crippen LogP contribution in [-0.4, -0.2) is 27.9 Å². The molecule has 3 heterocycles. The van der Waals surface area contributed by atoms with Gasteiger partial charge in [-0.15, -0.1) is 0 Å². The topological polar surface area (TPSA) is 98.4 Å². The SMILES string of the molecule is O=C(NCc1ccc(Oc2nccs2)cc1)c1cc(-c2ccc3c(c2)OCO3)n[nH]1. The second kappa shape index (κ2) is 7.88. The Bertz CT molecular complexity index is 1170. The van der Waals surface area contributed by atoms with E-state index in [0.717, 1.165) is 11.1 Å². The Morgan fingerprint density at radius 2 is 2.00 bits per heavy atom. The van der Waals surface area contributed by atoms with Crippen LogP contribution in [0.2, 0.25) is 0 Å². The molecule has 1 aliphatic heterocycles. The first kappa shape index (κ1) is 18.2. The van der Waals surface area contributed by atoms with Crippen LogP contribution in [0.4, 0.5) is 0 Å². The van der Waals surface area contributed by atoms with Crippen molar-refractivity contribution in [2.75, 3.05) is 6.79 Å². The van der Waals surface area contributed by atoms with Gasteiger partial charge in [0.05, 0.1) is 5.69 Å². The molecule has 150 valence electrons. The molecule has 8 nitrogen and oxygen atoms in total. The smallest absolute Gasteiger partial charge is 0.278 e. The molecule has 9 heteroatoms. The van der Waals surface area contributed by atoms with Gasteiger partial charge in [-0.05, 0) is 42.0 Å². The standard InChI is InChI=1S/C21H16N4O4S/c26-20(23-11-13-1-4-15(5-2-13)29-21-22-7-8-30-21)17-10-16(24-25-17)14-3-6-18-19(9-14)28-12-27-18/h1-10H,11-12H2,(H,23,26)(H,24,25). The van der Waals surface area contributed by atoms with Crippen LogP contribution in [0.5, 0.6) is 22.4 Å². The Morgan fingerprint density at radius 3 is 2.83 bits per heavy atom. The van der Waals surface area contributed by atoms with Gasteiger partial charge in [-0.1, -0.05) is 23.5 Å². The second-order valence-corrected chi connectivity index (χ2v) is 7.32. The maximum Gasteiger partial charge on any atom is 0.278 e. The number of hydrogen-bond acceptors (Lipinski definition) is 7. The molecule has 0 radical (unpaired) electrons. The second-order valence-electron chi connectivity index (χ2n) is 6.46. The van der Waals surface area contributed by atoms with E-state index in [1.807, 2.05) is 47.8 Å². The van der Waals surface area contributed by atoms with E-state index in [2.05, 4.69) is 20.5 Å². The number of benzene rings is 2. The molecule has 5 rings (SSSR count). The highest BCUT2D eigenvalue weighted by molar-refractivity contribution is 7.11. The molecule has 0 saturated carbocycles. The van der Waals surface area contributed by atoms with E-state index < -0.39 is 0 Å². The number of aromatic amines is 1. The van der Waals surface area contributed by atoms with E-state index in [-0.39, 0.29) is 12.7 Å². The van der Waals surface area contributed by atoms with Crippen molar-refractivity contribution in [1.29, 1.82) is 0 Å². The van der Waals surface area contributed by atoms with Gasteiger partial charge in [-0.2, -0.15) is 5.10 Å². The van der Waals surface area contributed by atoms with Crippen molar-refractivity contribution < 1.29 is 19.0 Å². The summed E-state index contributed by atoms with van der Waals surface area (Å²) >= 11 is 1.43. The Kier molecular flexibility index (Phi) is 4.78. The third-order valence-electron chi connectivity index (χ3n) is 4.48. The Morgan fingerprint density at radius 1 is 1.13 bits per heavy atom. The predicted octanol–water partition coefficient (Wildman–Crippen LogP) is 3.98. The molecule has 0 fully saturated rings. The number of amides is 1. The number of hydrogen-bond donors (Lipinski definition) is 2. The lowest BCUT2D eigenvalue weighted by Gasteiger charge is -2.05. The van der Waals surface area contributed by atoms with Crippen LogP contribution in [0.3, 0.4) is 0 Å². The number of ether oxygens (including phenoxy) is 3. The number of carbonyl (C=O) groups is 1. The quantitative estimate of drug-likeness (QED) is 0.490. The van der Waals surface area contributed by atoms with Gasteiger partial charge in [0.15, 0.2) is 11.5 Å². The summed E-state index contributed by atoms with van der Waals surface area (Å²) in [5, 5.41) is 12.3. The zero-order valence-corrected chi connectivity index (χ0v) is 16.4. The first-order valence-electron chi connectivity index (χ1n) is 9.14. The summed E-state index contributed by atoms with van der Waals surface area (Å²) in [6, 6.07) is 14.7. The molecular weight excluding hydrogens is 404 g/mol. The molecule has 30 heavy (non-hydrogen) atoms. The van der Waals surface area contributed by atoms with Crippen LogP contribution in [0.1, 0.15) is 16.1 Å². The molecule has 0 atom stereocenters. The van der Waals surface area contributed by atoms with Gasteiger partial charge in [0.25, 0.3) is 11.1 Å². The molecule has 4 aromatic rings. The average molecular weight is 420 g/mol. The summed E-state index contributed by atoms with van der Waals surface area (Å²) < 4.78 is 16.3. The van der Waals surface area contributed by atoms with Crippen molar-refractivity contribution in [2.45, 2.75) is 6.54 Å². The first-order valence-corrected chi connectivity index (χ1v) is 10.0. The minimum Gasteiger partial charge on any atom is -0.454 e. The average Bonchev–Trinajstić information content (AvgIpc) is 3.54. The highest BCUT2D eigenvalue weighted by Gasteiger charge is 2.16. The first-order chi connectivity index (χ1) is 14.7. The highest BCUT2D eigenvalue weighted by Crippen LogP contribution is 2.35. The molecule has 0 bridgehead atoms. The predicted molar refractivity (Wildman–Crippen MR) is 110 cm³/mol. The number of nitrogens with one attached hydrogen (secondary N) is 2. The number of nitrogens with zero attached hydrogens (tertiary/aromatic N) is 2. The third-order valence-corrected chi connectivity index (χ3v) is 5.13. The van der Waals surface area contributed by atoms with E-state index in [0.29, 0.717) is 40.4 Å². The monoisotopic (exact) mass is 420 g/mol. The summed E-state index contributed by atoms with van der Waals surface area (Å²) in [7, 11) is 0. The lowest BCUT2D eigenvalue weighted by Crippen LogP contribution is -2.23. The summed E-state index contributed by atoms with van der Waals surface area (Å²) in [5.41, 5.74) is 2.82. The number of H-pyrrole nitrogens is 1. The highest BCUT2D eigenvalue weighted by atomic mass is 32.1. The molecule has 0 saturated heterocycles. The van der Waals surface area contributed by atoms with E-state index in [9.17, 15) is 4.79 Å². The fraction of sp³-hybridized carbons (Fsp3) is 0.0952. The van der Waals surface area contributed by atoms with Crippen LogP contribution >= 0.6 is 11.3 Å². The Labute approximate surface area is 175 Å². The lowest BCUT2D eigenvalue weighted by atomic mass is 10.1. The van der Waals surface area contributed by atoms with E-state index in [1.54, 1.807) is 12.3 Å². The third kappa shape index (κ3) is 3.83. The molecule has 2 aromatic carbocycles. The number of fused-ring (bicyclic) bond motifs is 1. The molecule has 0 unspecified atom stereocenters. The molecular formula is C21H16N4O4S. The van der Waals surface area contributed by atoms with Gasteiger partial charge in [0, 0.05) is 23.7 Å². The van der Waals surface area contributed by atoms with Crippen molar-refractivity contribution in [3.63, 3.8) is 0 Å². The Hall–Kier alpha value is -3.85. The van der Waals surface area contributed by atoms with E-state index >= 15 is 0 Å². The largest absolute Gasteiger partial charge is 0.454 e. The van der Waals surface area contributed by atoms with Gasteiger partial charge in [0.1, 0.15) is 11.4 Å². The van der Waals surface area contributed by atoms with Crippen molar-refractivity contribution in [3.8, 4) is 33.7 Å². The van der Waals surface area contributed by atoms with Crippen LogP contribution in [0.15, 0.2) is 60.1 Å². The summed E-state index contributed by atoms with van der Waals surface area (Å²) in [6.45, 7) is 0.597. The fourth-order valence-electron chi connectivity index (χ4n) is 2.96. The normalized spacial score (nSPS) is 12.0. The van der Waals surface area contributed by atoms with Gasteiger partial charge in [-0.3, -0.25) is 9.89 Å². The molecule has 1 aliphatic rings. The number of aromatic nitrogens is 3. The van der Waals surface area contributed by atoms with E-state index in [1.165, 1.54) is 11.3 Å². The van der Waals surface area contributed by atoms with Crippen LogP contribution < -0.4 is 19.5 Å². The molecule has 2 N–H and O–H groups in total. The Balaban J connectivity index is 1.20. The van der Waals surface area contributed by atoms with Crippen molar-refractivity contribution in [3.05, 3.63) is 71.4 Å². The van der Waals surface area contributed by atoms with E-state index in [4.69, 9.17) is 14.2 Å². The molecule has 1 amide bonds. The number of thiazole rings is 1. The minimum absolute atomic E-state index is 0.213. The molecule has 0 aliphatic carbocycles. The van der Waals surface area contributed by atoms with Crippen molar-refractivity contribution in [1.82, 2.24) is 20.5 Å². The molecule has 2 aromatic heterocycles.